The molecule has 2 saturated heterocycles. The molecule has 2 aliphatic heterocycles. The highest BCUT2D eigenvalue weighted by molar-refractivity contribution is 5.94. The molecule has 3 rings (SSSR count). The van der Waals surface area contributed by atoms with Crippen LogP contribution in [0.5, 0.6) is 0 Å². The quantitative estimate of drug-likeness (QED) is 0.836. The van der Waals surface area contributed by atoms with Crippen LogP contribution < -0.4 is 5.32 Å². The first-order valence-corrected chi connectivity index (χ1v) is 6.89. The number of nitrogens with zero attached hydrogens (tertiary/aromatic N) is 1. The maximum absolute atomic E-state index is 12.5. The van der Waals surface area contributed by atoms with E-state index >= 15 is 0 Å². The number of benzene rings is 1. The minimum absolute atomic E-state index is 0.0304. The summed E-state index contributed by atoms with van der Waals surface area (Å²) in [4.78, 5) is 14.5. The van der Waals surface area contributed by atoms with Gasteiger partial charge >= 0.3 is 0 Å². The van der Waals surface area contributed by atoms with Gasteiger partial charge in [0.15, 0.2) is 0 Å². The van der Waals surface area contributed by atoms with E-state index in [2.05, 4.69) is 18.8 Å². The predicted octanol–water partition coefficient (Wildman–Crippen LogP) is 2.27. The van der Waals surface area contributed by atoms with Crippen molar-refractivity contribution < 1.29 is 4.79 Å². The first-order chi connectivity index (χ1) is 9.11. The number of fused-ring (bicyclic) bond motifs is 1. The molecule has 2 heterocycles. The normalized spacial score (nSPS) is 29.8. The fourth-order valence-corrected chi connectivity index (χ4v) is 3.33. The summed E-state index contributed by atoms with van der Waals surface area (Å²) in [5, 5.41) is 3.36. The van der Waals surface area contributed by atoms with Gasteiger partial charge in [0.05, 0.1) is 0 Å². The molecule has 0 saturated carbocycles. The number of carbonyl (C=O) groups is 1. The van der Waals surface area contributed by atoms with Gasteiger partial charge in [-0.15, -0.1) is 0 Å². The lowest BCUT2D eigenvalue weighted by Gasteiger charge is -2.37. The zero-order valence-corrected chi connectivity index (χ0v) is 11.4. The van der Waals surface area contributed by atoms with Crippen molar-refractivity contribution in [1.29, 1.82) is 0 Å². The number of rotatable bonds is 1. The van der Waals surface area contributed by atoms with E-state index in [1.165, 1.54) is 0 Å². The summed E-state index contributed by atoms with van der Waals surface area (Å²) in [5.74, 6) is 0.679. The smallest absolute Gasteiger partial charge is 0.253 e. The summed E-state index contributed by atoms with van der Waals surface area (Å²) in [6.07, 6.45) is 1.12. The van der Waals surface area contributed by atoms with E-state index in [1.54, 1.807) is 0 Å². The Morgan fingerprint density at radius 3 is 2.84 bits per heavy atom. The second-order valence-electron chi connectivity index (χ2n) is 5.86. The molecular formula is C16H20N2O. The van der Waals surface area contributed by atoms with Gasteiger partial charge in [-0.25, -0.2) is 0 Å². The molecule has 1 aromatic carbocycles. The summed E-state index contributed by atoms with van der Waals surface area (Å²) >= 11 is 0. The lowest BCUT2D eigenvalue weighted by molar-refractivity contribution is 0.0779. The molecule has 3 nitrogen and oxygen atoms in total. The van der Waals surface area contributed by atoms with Gasteiger partial charge in [-0.05, 0) is 24.5 Å². The minimum atomic E-state index is 0.0304. The third-order valence-electron chi connectivity index (χ3n) is 4.69. The summed E-state index contributed by atoms with van der Waals surface area (Å²) in [7, 11) is 0. The molecule has 2 fully saturated rings. The van der Waals surface area contributed by atoms with Crippen molar-refractivity contribution in [2.24, 2.45) is 11.3 Å². The first kappa shape index (κ1) is 12.3. The Morgan fingerprint density at radius 2 is 2.16 bits per heavy atom. The van der Waals surface area contributed by atoms with Crippen LogP contribution in [0.15, 0.2) is 42.6 Å². The maximum atomic E-state index is 12.5. The number of amides is 1. The van der Waals surface area contributed by atoms with Crippen LogP contribution in [-0.4, -0.2) is 30.4 Å². The van der Waals surface area contributed by atoms with Crippen LogP contribution >= 0.6 is 0 Å². The SMILES string of the molecule is C=C1NCC[C@@H]2CN(C(=O)c3ccccc3)C[C@]12C. The van der Waals surface area contributed by atoms with Crippen molar-refractivity contribution in [2.75, 3.05) is 19.6 Å². The maximum Gasteiger partial charge on any atom is 0.253 e. The molecule has 0 aromatic heterocycles. The van der Waals surface area contributed by atoms with Crippen LogP contribution in [0.1, 0.15) is 23.7 Å². The fraction of sp³-hybridized carbons (Fsp3) is 0.438. The largest absolute Gasteiger partial charge is 0.388 e. The zero-order chi connectivity index (χ0) is 13.5. The van der Waals surface area contributed by atoms with E-state index in [4.69, 9.17) is 0 Å². The van der Waals surface area contributed by atoms with Gasteiger partial charge in [-0.1, -0.05) is 31.7 Å². The summed E-state index contributed by atoms with van der Waals surface area (Å²) in [6.45, 7) is 8.98. The van der Waals surface area contributed by atoms with Gasteiger partial charge in [0.25, 0.3) is 5.91 Å². The number of hydrogen-bond acceptors (Lipinski definition) is 2. The Bertz CT molecular complexity index is 511. The lowest BCUT2D eigenvalue weighted by atomic mass is 9.73. The Hall–Kier alpha value is -1.77. The molecule has 0 bridgehead atoms. The van der Waals surface area contributed by atoms with Crippen molar-refractivity contribution in [3.8, 4) is 0 Å². The third-order valence-corrected chi connectivity index (χ3v) is 4.69. The lowest BCUT2D eigenvalue weighted by Crippen LogP contribution is -2.41. The summed E-state index contributed by atoms with van der Waals surface area (Å²) in [5.41, 5.74) is 1.90. The predicted molar refractivity (Wildman–Crippen MR) is 75.7 cm³/mol. The molecule has 3 heteroatoms. The molecule has 0 spiro atoms. The molecule has 0 aliphatic carbocycles. The van der Waals surface area contributed by atoms with Crippen LogP contribution in [0.4, 0.5) is 0 Å². The van der Waals surface area contributed by atoms with Crippen LogP contribution in [0.2, 0.25) is 0 Å². The summed E-state index contributed by atoms with van der Waals surface area (Å²) < 4.78 is 0. The molecule has 2 atom stereocenters. The second-order valence-corrected chi connectivity index (χ2v) is 5.86. The number of nitrogens with one attached hydrogen (secondary N) is 1. The third kappa shape index (κ3) is 1.93. The van der Waals surface area contributed by atoms with Crippen LogP contribution in [0.25, 0.3) is 0 Å². The molecule has 100 valence electrons. The van der Waals surface area contributed by atoms with Crippen molar-refractivity contribution in [1.82, 2.24) is 10.2 Å². The van der Waals surface area contributed by atoms with Gasteiger partial charge in [-0.3, -0.25) is 4.79 Å². The molecule has 1 amide bonds. The van der Waals surface area contributed by atoms with E-state index in [9.17, 15) is 4.79 Å². The minimum Gasteiger partial charge on any atom is -0.388 e. The highest BCUT2D eigenvalue weighted by atomic mass is 16.2. The van der Waals surface area contributed by atoms with Crippen LogP contribution in [0.3, 0.4) is 0 Å². The molecule has 19 heavy (non-hydrogen) atoms. The van der Waals surface area contributed by atoms with E-state index < -0.39 is 0 Å². The fourth-order valence-electron chi connectivity index (χ4n) is 3.33. The zero-order valence-electron chi connectivity index (χ0n) is 11.4. The Balaban J connectivity index is 1.82. The first-order valence-electron chi connectivity index (χ1n) is 6.89. The highest BCUT2D eigenvalue weighted by Crippen LogP contribution is 2.44. The molecular weight excluding hydrogens is 236 g/mol. The number of piperidine rings is 1. The number of likely N-dealkylation sites (tertiary alicyclic amines) is 1. The molecule has 2 aliphatic rings. The highest BCUT2D eigenvalue weighted by Gasteiger charge is 2.47. The number of hydrogen-bond donors (Lipinski definition) is 1. The Labute approximate surface area is 114 Å². The molecule has 0 unspecified atom stereocenters. The number of carbonyl (C=O) groups excluding carboxylic acids is 1. The molecule has 1 aromatic rings. The van der Waals surface area contributed by atoms with Crippen molar-refractivity contribution in [3.63, 3.8) is 0 Å². The van der Waals surface area contributed by atoms with Crippen molar-refractivity contribution >= 4 is 5.91 Å². The average molecular weight is 256 g/mol. The van der Waals surface area contributed by atoms with Gasteiger partial charge in [0.2, 0.25) is 0 Å². The van der Waals surface area contributed by atoms with Gasteiger partial charge in [0, 0.05) is 36.3 Å². The topological polar surface area (TPSA) is 32.3 Å². The van der Waals surface area contributed by atoms with E-state index in [0.29, 0.717) is 5.92 Å². The van der Waals surface area contributed by atoms with Crippen molar-refractivity contribution in [3.05, 3.63) is 48.2 Å². The van der Waals surface area contributed by atoms with Crippen LogP contribution in [-0.2, 0) is 0 Å². The van der Waals surface area contributed by atoms with E-state index in [0.717, 1.165) is 37.3 Å². The van der Waals surface area contributed by atoms with Gasteiger partial charge in [-0.2, -0.15) is 0 Å². The standard InChI is InChI=1S/C16H20N2O/c1-12-16(2)11-18(10-14(16)8-9-17-12)15(19)13-6-4-3-5-7-13/h3-7,14,17H,1,8-11H2,2H3/t14-,16-/m1/s1. The van der Waals surface area contributed by atoms with Gasteiger partial charge < -0.3 is 10.2 Å². The summed E-state index contributed by atoms with van der Waals surface area (Å²) in [6, 6.07) is 9.55. The van der Waals surface area contributed by atoms with E-state index in [1.807, 2.05) is 35.2 Å². The average Bonchev–Trinajstić information content (AvgIpc) is 2.79. The van der Waals surface area contributed by atoms with Crippen LogP contribution in [0, 0.1) is 11.3 Å². The Morgan fingerprint density at radius 1 is 1.42 bits per heavy atom. The van der Waals surface area contributed by atoms with Gasteiger partial charge in [0.1, 0.15) is 0 Å². The Kier molecular flexibility index (Phi) is 2.85. The van der Waals surface area contributed by atoms with E-state index in [-0.39, 0.29) is 11.3 Å². The monoisotopic (exact) mass is 256 g/mol. The molecule has 1 N–H and O–H groups in total. The second kappa shape index (κ2) is 4.41. The molecule has 0 radical (unpaired) electrons. The van der Waals surface area contributed by atoms with Crippen molar-refractivity contribution in [2.45, 2.75) is 13.3 Å².